The van der Waals surface area contributed by atoms with Gasteiger partial charge in [0, 0.05) is 11.6 Å². The Morgan fingerprint density at radius 1 is 1.21 bits per heavy atom. The van der Waals surface area contributed by atoms with Crippen LogP contribution in [0.2, 0.25) is 0 Å². The predicted molar refractivity (Wildman–Crippen MR) is 71.8 cm³/mol. The molecule has 1 aromatic carbocycles. The molecule has 0 aliphatic heterocycles. The number of fused-ring (bicyclic) bond motifs is 1. The van der Waals surface area contributed by atoms with Crippen LogP contribution in [-0.4, -0.2) is 20.7 Å². The Morgan fingerprint density at radius 3 is 2.74 bits per heavy atom. The van der Waals surface area contributed by atoms with Crippen molar-refractivity contribution in [3.05, 3.63) is 48.4 Å². The van der Waals surface area contributed by atoms with Crippen molar-refractivity contribution < 1.29 is 4.79 Å². The molecular weight excluding hydrogens is 242 g/mol. The number of nitrogens with two attached hydrogens (primary N) is 2. The third kappa shape index (κ3) is 1.79. The summed E-state index contributed by atoms with van der Waals surface area (Å²) in [5.74, 6) is -0.644. The number of rotatable bonds is 2. The second-order valence-electron chi connectivity index (χ2n) is 4.09. The average Bonchev–Trinajstić information content (AvgIpc) is 2.80. The van der Waals surface area contributed by atoms with Crippen LogP contribution in [0.3, 0.4) is 0 Å². The van der Waals surface area contributed by atoms with E-state index < -0.39 is 5.91 Å². The van der Waals surface area contributed by atoms with Gasteiger partial charge in [0.1, 0.15) is 0 Å². The molecule has 0 aliphatic rings. The van der Waals surface area contributed by atoms with Crippen molar-refractivity contribution in [1.29, 1.82) is 0 Å². The highest BCUT2D eigenvalue weighted by molar-refractivity contribution is 5.96. The SMILES string of the molecule is NC(=O)c1nn(-c2ccnc3ccccc23)cc1N. The second-order valence-corrected chi connectivity index (χ2v) is 4.09. The standard InChI is InChI=1S/C13H11N5O/c14-9-7-18(17-12(9)13(15)19)11-5-6-16-10-4-2-1-3-8(10)11/h1-7H,14H2,(H2,15,19). The first-order chi connectivity index (χ1) is 9.16. The summed E-state index contributed by atoms with van der Waals surface area (Å²) in [7, 11) is 0. The number of carbonyl (C=O) groups excluding carboxylic acids is 1. The quantitative estimate of drug-likeness (QED) is 0.714. The summed E-state index contributed by atoms with van der Waals surface area (Å²) in [5, 5.41) is 5.04. The van der Waals surface area contributed by atoms with Crippen molar-refractivity contribution in [2.24, 2.45) is 5.73 Å². The molecule has 0 saturated carbocycles. The molecule has 0 fully saturated rings. The van der Waals surface area contributed by atoms with Crippen LogP contribution in [0, 0.1) is 0 Å². The monoisotopic (exact) mass is 253 g/mol. The first-order valence-corrected chi connectivity index (χ1v) is 5.66. The van der Waals surface area contributed by atoms with Gasteiger partial charge in [-0.05, 0) is 12.1 Å². The summed E-state index contributed by atoms with van der Waals surface area (Å²) in [6.07, 6.45) is 3.25. The summed E-state index contributed by atoms with van der Waals surface area (Å²) in [4.78, 5) is 15.5. The zero-order valence-corrected chi connectivity index (χ0v) is 9.95. The van der Waals surface area contributed by atoms with Gasteiger partial charge in [-0.3, -0.25) is 9.78 Å². The average molecular weight is 253 g/mol. The highest BCUT2D eigenvalue weighted by atomic mass is 16.1. The normalized spacial score (nSPS) is 10.7. The number of benzene rings is 1. The summed E-state index contributed by atoms with van der Waals surface area (Å²) >= 11 is 0. The van der Waals surface area contributed by atoms with Crippen LogP contribution in [0.5, 0.6) is 0 Å². The molecular formula is C13H11N5O. The molecule has 3 aromatic rings. The third-order valence-corrected chi connectivity index (χ3v) is 2.85. The second kappa shape index (κ2) is 4.09. The number of pyridine rings is 1. The largest absolute Gasteiger partial charge is 0.396 e. The first kappa shape index (κ1) is 11.2. The maximum Gasteiger partial charge on any atom is 0.271 e. The van der Waals surface area contributed by atoms with E-state index in [1.807, 2.05) is 24.3 Å². The highest BCUT2D eigenvalue weighted by Crippen LogP contribution is 2.21. The lowest BCUT2D eigenvalue weighted by molar-refractivity contribution is 0.0996. The van der Waals surface area contributed by atoms with E-state index in [1.54, 1.807) is 23.1 Å². The Hall–Kier alpha value is -2.89. The number of aromatic nitrogens is 3. The van der Waals surface area contributed by atoms with Gasteiger partial charge < -0.3 is 11.5 Å². The van der Waals surface area contributed by atoms with Crippen LogP contribution in [0.15, 0.2) is 42.7 Å². The zero-order valence-electron chi connectivity index (χ0n) is 9.95. The molecule has 19 heavy (non-hydrogen) atoms. The minimum Gasteiger partial charge on any atom is -0.396 e. The van der Waals surface area contributed by atoms with E-state index in [4.69, 9.17) is 11.5 Å². The fourth-order valence-electron chi connectivity index (χ4n) is 1.98. The maximum atomic E-state index is 11.2. The molecule has 0 saturated heterocycles. The van der Waals surface area contributed by atoms with Gasteiger partial charge in [0.25, 0.3) is 5.91 Å². The molecule has 2 aromatic heterocycles. The number of nitrogen functional groups attached to an aromatic ring is 1. The van der Waals surface area contributed by atoms with Crippen LogP contribution in [0.1, 0.15) is 10.5 Å². The summed E-state index contributed by atoms with van der Waals surface area (Å²) in [5.41, 5.74) is 12.9. The lowest BCUT2D eigenvalue weighted by Gasteiger charge is -2.05. The van der Waals surface area contributed by atoms with E-state index in [2.05, 4.69) is 10.1 Å². The first-order valence-electron chi connectivity index (χ1n) is 5.66. The Kier molecular flexibility index (Phi) is 2.42. The molecule has 6 nitrogen and oxygen atoms in total. The Bertz CT molecular complexity index is 772. The van der Waals surface area contributed by atoms with Gasteiger partial charge in [-0.2, -0.15) is 5.10 Å². The van der Waals surface area contributed by atoms with E-state index in [0.29, 0.717) is 0 Å². The lowest BCUT2D eigenvalue weighted by atomic mass is 10.2. The number of hydrogen-bond donors (Lipinski definition) is 2. The minimum atomic E-state index is -0.644. The van der Waals surface area contributed by atoms with Crippen molar-refractivity contribution >= 4 is 22.5 Å². The van der Waals surface area contributed by atoms with Gasteiger partial charge in [0.15, 0.2) is 5.69 Å². The molecule has 2 heterocycles. The fraction of sp³-hybridized carbons (Fsp3) is 0. The number of anilines is 1. The number of hydrogen-bond acceptors (Lipinski definition) is 4. The number of carbonyl (C=O) groups is 1. The van der Waals surface area contributed by atoms with Crippen molar-refractivity contribution in [1.82, 2.24) is 14.8 Å². The molecule has 0 radical (unpaired) electrons. The van der Waals surface area contributed by atoms with Crippen LogP contribution in [0.25, 0.3) is 16.6 Å². The van der Waals surface area contributed by atoms with Crippen LogP contribution >= 0.6 is 0 Å². The summed E-state index contributed by atoms with van der Waals surface area (Å²) in [6, 6.07) is 9.46. The van der Waals surface area contributed by atoms with Crippen LogP contribution < -0.4 is 11.5 Å². The summed E-state index contributed by atoms with van der Waals surface area (Å²) in [6.45, 7) is 0. The number of primary amides is 1. The van der Waals surface area contributed by atoms with Crippen molar-refractivity contribution in [3.63, 3.8) is 0 Å². The van der Waals surface area contributed by atoms with Gasteiger partial charge >= 0.3 is 0 Å². The Balaban J connectivity index is 2.25. The van der Waals surface area contributed by atoms with Crippen LogP contribution in [0.4, 0.5) is 5.69 Å². The molecule has 6 heteroatoms. The Labute approximate surface area is 108 Å². The Morgan fingerprint density at radius 2 is 2.00 bits per heavy atom. The molecule has 0 spiro atoms. The van der Waals surface area contributed by atoms with Crippen molar-refractivity contribution in [3.8, 4) is 5.69 Å². The zero-order chi connectivity index (χ0) is 13.4. The lowest BCUT2D eigenvalue weighted by Crippen LogP contribution is -2.14. The smallest absolute Gasteiger partial charge is 0.271 e. The van der Waals surface area contributed by atoms with E-state index in [-0.39, 0.29) is 11.4 Å². The van der Waals surface area contributed by atoms with E-state index in [9.17, 15) is 4.79 Å². The van der Waals surface area contributed by atoms with Gasteiger partial charge in [-0.1, -0.05) is 18.2 Å². The molecule has 4 N–H and O–H groups in total. The molecule has 3 rings (SSSR count). The van der Waals surface area contributed by atoms with E-state index in [1.165, 1.54) is 0 Å². The van der Waals surface area contributed by atoms with Crippen LogP contribution in [-0.2, 0) is 0 Å². The number of para-hydroxylation sites is 1. The topological polar surface area (TPSA) is 99.8 Å². The van der Waals surface area contributed by atoms with Gasteiger partial charge in [0.2, 0.25) is 0 Å². The third-order valence-electron chi connectivity index (χ3n) is 2.85. The van der Waals surface area contributed by atoms with Crippen molar-refractivity contribution in [2.45, 2.75) is 0 Å². The summed E-state index contributed by atoms with van der Waals surface area (Å²) < 4.78 is 1.54. The van der Waals surface area contributed by atoms with E-state index >= 15 is 0 Å². The molecule has 0 unspecified atom stereocenters. The highest BCUT2D eigenvalue weighted by Gasteiger charge is 2.13. The van der Waals surface area contributed by atoms with Crippen molar-refractivity contribution in [2.75, 3.05) is 5.73 Å². The van der Waals surface area contributed by atoms with Gasteiger partial charge in [-0.15, -0.1) is 0 Å². The maximum absolute atomic E-state index is 11.2. The molecule has 0 atom stereocenters. The van der Waals surface area contributed by atoms with Gasteiger partial charge in [0.05, 0.1) is 23.1 Å². The fourth-order valence-corrected chi connectivity index (χ4v) is 1.98. The predicted octanol–water partition coefficient (Wildman–Crippen LogP) is 1.10. The molecule has 94 valence electrons. The van der Waals surface area contributed by atoms with Gasteiger partial charge in [-0.25, -0.2) is 4.68 Å². The molecule has 0 bridgehead atoms. The van der Waals surface area contributed by atoms with E-state index in [0.717, 1.165) is 16.6 Å². The molecule has 1 amide bonds. The number of amides is 1. The molecule has 0 aliphatic carbocycles. The minimum absolute atomic E-state index is 0.0703. The number of nitrogens with zero attached hydrogens (tertiary/aromatic N) is 3.